The molecule has 2 aromatic carbocycles. The smallest absolute Gasteiger partial charge is 0.254 e. The third kappa shape index (κ3) is 6.53. The minimum absolute atomic E-state index is 0.277. The lowest BCUT2D eigenvalue weighted by Gasteiger charge is -2.30. The molecule has 12 heteroatoms. The zero-order chi connectivity index (χ0) is 33.6. The van der Waals surface area contributed by atoms with Gasteiger partial charge in [0.1, 0.15) is 11.5 Å². The third-order valence-electron chi connectivity index (χ3n) is 7.71. The largest absolute Gasteiger partial charge is 0.468 e. The first kappa shape index (κ1) is 32.1. The molecule has 4 N–H and O–H groups in total. The summed E-state index contributed by atoms with van der Waals surface area (Å²) in [7, 11) is 2.44. The van der Waals surface area contributed by atoms with Crippen molar-refractivity contribution in [1.82, 2.24) is 10.6 Å². The summed E-state index contributed by atoms with van der Waals surface area (Å²) in [6.07, 6.45) is 3.00. The number of rotatable bonds is 9. The summed E-state index contributed by atoms with van der Waals surface area (Å²) >= 11 is 0. The predicted molar refractivity (Wildman–Crippen MR) is 185 cm³/mol. The molecule has 10 nitrogen and oxygen atoms in total. The van der Waals surface area contributed by atoms with E-state index in [0.29, 0.717) is 55.5 Å². The van der Waals surface area contributed by atoms with Crippen LogP contribution < -0.4 is 21.3 Å². The van der Waals surface area contributed by atoms with E-state index in [2.05, 4.69) is 33.4 Å². The summed E-state index contributed by atoms with van der Waals surface area (Å²) in [5.41, 5.74) is 3.56. The summed E-state index contributed by atoms with van der Waals surface area (Å²) in [6, 6.07) is 29.6. The highest BCUT2D eigenvalue weighted by atomic mass is 33.1. The maximum absolute atomic E-state index is 13.6. The SMILES string of the molecule is CC1=C(C(=O)Nc2ccccc2)C(c2ccco2)C(C#N)=C(SSC2=C(C#N)C(c3ccco3)C(C(=O)Nc3ccccc3)=C(C)N2)N1. The fourth-order valence-electron chi connectivity index (χ4n) is 5.56. The van der Waals surface area contributed by atoms with Crippen LogP contribution in [0, 0.1) is 22.7 Å². The van der Waals surface area contributed by atoms with Crippen LogP contribution >= 0.6 is 21.6 Å². The second-order valence-electron chi connectivity index (χ2n) is 10.7. The van der Waals surface area contributed by atoms with E-state index in [1.54, 1.807) is 62.4 Å². The van der Waals surface area contributed by atoms with E-state index in [4.69, 9.17) is 8.83 Å². The molecule has 0 saturated carbocycles. The quantitative estimate of drug-likeness (QED) is 0.130. The highest BCUT2D eigenvalue weighted by molar-refractivity contribution is 8.79. The number of hydrogen-bond acceptors (Lipinski definition) is 10. The molecule has 2 atom stereocenters. The van der Waals surface area contributed by atoms with Crippen molar-refractivity contribution in [2.75, 3.05) is 10.6 Å². The third-order valence-corrected chi connectivity index (χ3v) is 10.0. The zero-order valence-electron chi connectivity index (χ0n) is 25.7. The van der Waals surface area contributed by atoms with Crippen molar-refractivity contribution >= 4 is 44.8 Å². The highest BCUT2D eigenvalue weighted by Crippen LogP contribution is 2.49. The molecular formula is C36H28N6O4S2. The standard InChI is InChI=1S/C36H28N6O4S2/c1-21-29(33(43)41-23-11-5-3-6-12-23)31(27-15-9-17-45-27)25(19-37)35(39-21)47-48-36-26(20-38)32(28-16-10-18-46-28)30(22(2)40-36)34(44)42-24-13-7-4-8-14-24/h3-18,31-32,39-40H,1-2H3,(H,41,43)(H,42,44). The van der Waals surface area contributed by atoms with Crippen LogP contribution in [0.5, 0.6) is 0 Å². The fraction of sp³-hybridized carbons (Fsp3) is 0.111. The zero-order valence-corrected chi connectivity index (χ0v) is 27.4. The molecule has 2 aliphatic rings. The van der Waals surface area contributed by atoms with Crippen LogP contribution in [0.3, 0.4) is 0 Å². The van der Waals surface area contributed by atoms with Gasteiger partial charge in [-0.15, -0.1) is 0 Å². The lowest BCUT2D eigenvalue weighted by molar-refractivity contribution is -0.114. The number of dihydropyridines is 2. The van der Waals surface area contributed by atoms with Gasteiger partial charge in [0.2, 0.25) is 0 Å². The molecule has 2 unspecified atom stereocenters. The van der Waals surface area contributed by atoms with Gasteiger partial charge < -0.3 is 30.1 Å². The number of hydrogen-bond donors (Lipinski definition) is 4. The number of para-hydroxylation sites is 2. The van der Waals surface area contributed by atoms with E-state index in [1.807, 2.05) is 36.4 Å². The van der Waals surface area contributed by atoms with Gasteiger partial charge in [-0.2, -0.15) is 10.5 Å². The van der Waals surface area contributed by atoms with Crippen molar-refractivity contribution < 1.29 is 18.4 Å². The van der Waals surface area contributed by atoms with Gasteiger partial charge in [0.15, 0.2) is 0 Å². The summed E-state index contributed by atoms with van der Waals surface area (Å²) < 4.78 is 11.5. The predicted octanol–water partition coefficient (Wildman–Crippen LogP) is 7.62. The van der Waals surface area contributed by atoms with Crippen molar-refractivity contribution in [2.24, 2.45) is 0 Å². The molecule has 6 rings (SSSR count). The van der Waals surface area contributed by atoms with Gasteiger partial charge in [-0.05, 0) is 84.0 Å². The van der Waals surface area contributed by atoms with Crippen molar-refractivity contribution in [1.29, 1.82) is 10.5 Å². The molecule has 0 saturated heterocycles. The van der Waals surface area contributed by atoms with Crippen LogP contribution in [0.2, 0.25) is 0 Å². The first-order valence-corrected chi connectivity index (χ1v) is 16.9. The molecule has 2 amide bonds. The van der Waals surface area contributed by atoms with Crippen molar-refractivity contribution in [3.63, 3.8) is 0 Å². The monoisotopic (exact) mass is 672 g/mol. The highest BCUT2D eigenvalue weighted by Gasteiger charge is 2.39. The average molecular weight is 673 g/mol. The first-order valence-electron chi connectivity index (χ1n) is 14.8. The number of amides is 2. The number of carbonyl (C=O) groups is 2. The Hall–Kier alpha value is -5.82. The molecular weight excluding hydrogens is 645 g/mol. The maximum atomic E-state index is 13.6. The van der Waals surface area contributed by atoms with E-state index in [9.17, 15) is 20.1 Å². The molecule has 2 aromatic heterocycles. The number of carbonyl (C=O) groups excluding carboxylic acids is 2. The van der Waals surface area contributed by atoms with Crippen molar-refractivity contribution in [3.8, 4) is 12.1 Å². The Balaban J connectivity index is 1.32. The Morgan fingerprint density at radius 3 is 1.38 bits per heavy atom. The van der Waals surface area contributed by atoms with Crippen LogP contribution in [0.25, 0.3) is 0 Å². The summed E-state index contributed by atoms with van der Waals surface area (Å²) in [5.74, 6) is -1.44. The van der Waals surface area contributed by atoms with Gasteiger partial charge in [-0.3, -0.25) is 9.59 Å². The van der Waals surface area contributed by atoms with E-state index in [0.717, 1.165) is 0 Å². The van der Waals surface area contributed by atoms with Gasteiger partial charge in [0.05, 0.1) is 68.9 Å². The number of benzene rings is 2. The molecule has 0 aliphatic carbocycles. The number of furan rings is 2. The van der Waals surface area contributed by atoms with Crippen molar-refractivity contribution in [3.05, 3.63) is 153 Å². The minimum atomic E-state index is -0.785. The number of nitriles is 2. The van der Waals surface area contributed by atoms with Crippen LogP contribution in [-0.4, -0.2) is 11.8 Å². The fourth-order valence-corrected chi connectivity index (χ4v) is 7.91. The molecule has 0 spiro atoms. The molecule has 4 heterocycles. The van der Waals surface area contributed by atoms with Gasteiger partial charge >= 0.3 is 0 Å². The van der Waals surface area contributed by atoms with Crippen LogP contribution in [0.1, 0.15) is 37.2 Å². The van der Waals surface area contributed by atoms with Gasteiger partial charge in [0, 0.05) is 22.8 Å². The number of allylic oxidation sites excluding steroid dienone is 4. The number of anilines is 2. The Labute approximate surface area is 284 Å². The number of nitrogens with one attached hydrogen (secondary N) is 4. The average Bonchev–Trinajstić information content (AvgIpc) is 3.83. The van der Waals surface area contributed by atoms with Crippen LogP contribution in [-0.2, 0) is 9.59 Å². The Bertz CT molecular complexity index is 1900. The molecule has 238 valence electrons. The van der Waals surface area contributed by atoms with E-state index < -0.39 is 11.8 Å². The molecule has 0 fully saturated rings. The van der Waals surface area contributed by atoms with Crippen molar-refractivity contribution in [2.45, 2.75) is 25.7 Å². The Morgan fingerprint density at radius 2 is 1.04 bits per heavy atom. The van der Waals surface area contributed by atoms with Gasteiger partial charge in [-0.25, -0.2) is 0 Å². The maximum Gasteiger partial charge on any atom is 0.254 e. The molecule has 0 bridgehead atoms. The van der Waals surface area contributed by atoms with Crippen LogP contribution in [0.4, 0.5) is 11.4 Å². The second kappa shape index (κ2) is 14.3. The molecule has 0 radical (unpaired) electrons. The summed E-state index contributed by atoms with van der Waals surface area (Å²) in [6.45, 7) is 3.54. The van der Waals surface area contributed by atoms with Gasteiger partial charge in [0.25, 0.3) is 11.8 Å². The molecule has 2 aliphatic heterocycles. The minimum Gasteiger partial charge on any atom is -0.468 e. The normalized spacial score (nSPS) is 17.7. The number of nitrogens with zero attached hydrogens (tertiary/aromatic N) is 2. The Morgan fingerprint density at radius 1 is 0.646 bits per heavy atom. The summed E-state index contributed by atoms with van der Waals surface area (Å²) in [4.78, 5) is 27.3. The van der Waals surface area contributed by atoms with E-state index >= 15 is 0 Å². The second-order valence-corrected chi connectivity index (χ2v) is 12.9. The lowest BCUT2D eigenvalue weighted by Crippen LogP contribution is -2.31. The Kier molecular flexibility index (Phi) is 9.57. The topological polar surface area (TPSA) is 156 Å². The lowest BCUT2D eigenvalue weighted by atomic mass is 9.85. The first-order chi connectivity index (χ1) is 23.4. The van der Waals surface area contributed by atoms with Gasteiger partial charge in [-0.1, -0.05) is 36.4 Å². The molecule has 4 aromatic rings. The van der Waals surface area contributed by atoms with Crippen LogP contribution in [0.15, 0.2) is 150 Å². The van der Waals surface area contributed by atoms with E-state index in [-0.39, 0.29) is 23.0 Å². The molecule has 48 heavy (non-hydrogen) atoms. The summed E-state index contributed by atoms with van der Waals surface area (Å²) in [5, 5.41) is 34.2. The van der Waals surface area contributed by atoms with E-state index in [1.165, 1.54) is 34.1 Å².